The first-order chi connectivity index (χ1) is 11.3. The van der Waals surface area contributed by atoms with Crippen molar-refractivity contribution in [2.75, 3.05) is 6.61 Å². The minimum atomic E-state index is -1.33. The number of ether oxygens (including phenoxy) is 1. The molecule has 150 valence electrons. The van der Waals surface area contributed by atoms with Gasteiger partial charge in [-0.1, -0.05) is 0 Å². The van der Waals surface area contributed by atoms with Gasteiger partial charge in [0.15, 0.2) is 0 Å². The molecule has 1 rings (SSSR count). The van der Waals surface area contributed by atoms with Crippen molar-refractivity contribution in [1.29, 1.82) is 0 Å². The average molecular weight is 369 g/mol. The lowest BCUT2D eigenvalue weighted by Crippen LogP contribution is -2.35. The predicted octanol–water partition coefficient (Wildman–Crippen LogP) is 3.30. The Bertz CT molecular complexity index is 609. The Labute approximate surface area is 157 Å². The minimum absolute atomic E-state index is 0.311. The molecule has 0 fully saturated rings. The number of hydrogen-bond acceptors (Lipinski definition) is 5. The molecule has 0 saturated carbocycles. The zero-order chi connectivity index (χ0) is 20.9. The maximum absolute atomic E-state index is 10.9. The van der Waals surface area contributed by atoms with Crippen molar-refractivity contribution in [1.82, 2.24) is 0 Å². The van der Waals surface area contributed by atoms with Gasteiger partial charge in [0.25, 0.3) is 0 Å². The first kappa shape index (κ1) is 22.9. The highest BCUT2D eigenvalue weighted by molar-refractivity contribution is 5.62. The second-order valence-corrected chi connectivity index (χ2v) is 9.12. The number of aliphatic hydroxyl groups is 4. The molecule has 0 unspecified atom stereocenters. The van der Waals surface area contributed by atoms with Crippen molar-refractivity contribution in [3.8, 4) is 5.75 Å². The maximum Gasteiger partial charge on any atom is 0.132 e. The van der Waals surface area contributed by atoms with Gasteiger partial charge in [-0.15, -0.1) is 0 Å². The molecule has 5 heteroatoms. The van der Waals surface area contributed by atoms with Gasteiger partial charge in [0.1, 0.15) is 5.75 Å². The Morgan fingerprint density at radius 1 is 0.615 bits per heavy atom. The Hall–Kier alpha value is -1.14. The Morgan fingerprint density at radius 2 is 0.885 bits per heavy atom. The van der Waals surface area contributed by atoms with E-state index in [0.717, 1.165) is 0 Å². The van der Waals surface area contributed by atoms with E-state index in [1.807, 2.05) is 6.92 Å². The minimum Gasteiger partial charge on any atom is -0.493 e. The summed E-state index contributed by atoms with van der Waals surface area (Å²) in [6, 6.07) is 0. The van der Waals surface area contributed by atoms with Crippen molar-refractivity contribution >= 4 is 0 Å². The summed E-state index contributed by atoms with van der Waals surface area (Å²) in [4.78, 5) is 0. The highest BCUT2D eigenvalue weighted by atomic mass is 16.5. The normalized spacial score (nSPS) is 13.9. The van der Waals surface area contributed by atoms with Crippen molar-refractivity contribution in [3.63, 3.8) is 0 Å². The SMILES string of the molecule is CCOc1c(C(C)(C)O)c(C(C)(C)O)c(C)c(C(C)(C)O)c1C(C)(C)O. The highest BCUT2D eigenvalue weighted by Gasteiger charge is 2.42. The number of benzene rings is 1. The van der Waals surface area contributed by atoms with E-state index in [4.69, 9.17) is 4.74 Å². The van der Waals surface area contributed by atoms with Crippen molar-refractivity contribution in [3.05, 3.63) is 27.8 Å². The highest BCUT2D eigenvalue weighted by Crippen LogP contribution is 2.49. The second kappa shape index (κ2) is 6.79. The average Bonchev–Trinajstić information content (AvgIpc) is 2.34. The predicted molar refractivity (Wildman–Crippen MR) is 103 cm³/mol. The van der Waals surface area contributed by atoms with E-state index in [2.05, 4.69) is 0 Å². The molecule has 0 amide bonds. The third kappa shape index (κ3) is 4.39. The topological polar surface area (TPSA) is 90.2 Å². The molecular formula is C21H36O5. The van der Waals surface area contributed by atoms with Gasteiger partial charge in [-0.3, -0.25) is 0 Å². The van der Waals surface area contributed by atoms with Crippen LogP contribution in [0, 0.1) is 6.92 Å². The quantitative estimate of drug-likeness (QED) is 0.618. The monoisotopic (exact) mass is 368 g/mol. The summed E-state index contributed by atoms with van der Waals surface area (Å²) < 4.78 is 5.91. The summed E-state index contributed by atoms with van der Waals surface area (Å²) in [5, 5.41) is 43.6. The van der Waals surface area contributed by atoms with Gasteiger partial charge in [-0.05, 0) is 85.9 Å². The molecule has 0 bridgehead atoms. The Balaban J connectivity index is 4.39. The summed E-state index contributed by atoms with van der Waals surface area (Å²) in [7, 11) is 0. The van der Waals surface area contributed by atoms with Crippen LogP contribution in [0.4, 0.5) is 0 Å². The zero-order valence-corrected chi connectivity index (χ0v) is 17.9. The lowest BCUT2D eigenvalue weighted by Gasteiger charge is -2.39. The lowest BCUT2D eigenvalue weighted by molar-refractivity contribution is 0.0359. The lowest BCUT2D eigenvalue weighted by atomic mass is 9.72. The fourth-order valence-corrected chi connectivity index (χ4v) is 3.84. The summed E-state index contributed by atoms with van der Waals surface area (Å²) in [5.74, 6) is 0.312. The fourth-order valence-electron chi connectivity index (χ4n) is 3.84. The molecule has 0 aliphatic rings. The van der Waals surface area contributed by atoms with Gasteiger partial charge in [-0.2, -0.15) is 0 Å². The first-order valence-electron chi connectivity index (χ1n) is 9.09. The molecule has 1 aromatic carbocycles. The standard InChI is InChI=1S/C21H36O5/c1-11-26-17-15(20(7,8)24)13(18(3,4)22)12(2)14(19(5,6)23)16(17)21(9,10)25/h22-25H,11H2,1-10H3. The molecule has 5 nitrogen and oxygen atoms in total. The van der Waals surface area contributed by atoms with Crippen LogP contribution in [0.15, 0.2) is 0 Å². The van der Waals surface area contributed by atoms with Crippen LogP contribution in [0.5, 0.6) is 5.75 Å². The van der Waals surface area contributed by atoms with Gasteiger partial charge in [0.05, 0.1) is 29.0 Å². The maximum atomic E-state index is 10.9. The second-order valence-electron chi connectivity index (χ2n) is 9.12. The molecule has 0 aliphatic heterocycles. The van der Waals surface area contributed by atoms with Crippen LogP contribution in [0.2, 0.25) is 0 Å². The fraction of sp³-hybridized carbons (Fsp3) is 0.714. The first-order valence-corrected chi connectivity index (χ1v) is 9.09. The summed E-state index contributed by atoms with van der Waals surface area (Å²) >= 11 is 0. The molecule has 0 atom stereocenters. The molecular weight excluding hydrogens is 332 g/mol. The summed E-state index contributed by atoms with van der Waals surface area (Å²) in [6.07, 6.45) is 0. The summed E-state index contributed by atoms with van der Waals surface area (Å²) in [5.41, 5.74) is -2.76. The van der Waals surface area contributed by atoms with Crippen LogP contribution in [-0.4, -0.2) is 27.0 Å². The van der Waals surface area contributed by atoms with Gasteiger partial charge < -0.3 is 25.2 Å². The van der Waals surface area contributed by atoms with E-state index in [1.165, 1.54) is 0 Å². The molecule has 1 aromatic rings. The Kier molecular flexibility index (Phi) is 5.98. The van der Waals surface area contributed by atoms with E-state index in [-0.39, 0.29) is 0 Å². The molecule has 26 heavy (non-hydrogen) atoms. The molecule has 0 aliphatic carbocycles. The van der Waals surface area contributed by atoms with Crippen LogP contribution in [0.1, 0.15) is 90.1 Å². The van der Waals surface area contributed by atoms with Gasteiger partial charge >= 0.3 is 0 Å². The molecule has 4 N–H and O–H groups in total. The van der Waals surface area contributed by atoms with Crippen molar-refractivity contribution in [2.45, 2.75) is 91.6 Å². The van der Waals surface area contributed by atoms with Crippen LogP contribution >= 0.6 is 0 Å². The smallest absolute Gasteiger partial charge is 0.132 e. The molecule has 0 heterocycles. The van der Waals surface area contributed by atoms with Crippen molar-refractivity contribution < 1.29 is 25.2 Å². The molecule has 0 saturated heterocycles. The van der Waals surface area contributed by atoms with Gasteiger partial charge in [0, 0.05) is 11.1 Å². The number of rotatable bonds is 6. The summed E-state index contributed by atoms with van der Waals surface area (Å²) in [6.45, 7) is 17.0. The molecule has 0 spiro atoms. The Morgan fingerprint density at radius 3 is 1.08 bits per heavy atom. The van der Waals surface area contributed by atoms with E-state index in [1.54, 1.807) is 62.3 Å². The van der Waals surface area contributed by atoms with Crippen LogP contribution < -0.4 is 4.74 Å². The van der Waals surface area contributed by atoms with Gasteiger partial charge in [0.2, 0.25) is 0 Å². The zero-order valence-electron chi connectivity index (χ0n) is 17.9. The van der Waals surface area contributed by atoms with E-state index in [9.17, 15) is 20.4 Å². The molecule has 0 radical (unpaired) electrons. The van der Waals surface area contributed by atoms with Crippen LogP contribution in [0.25, 0.3) is 0 Å². The van der Waals surface area contributed by atoms with E-state index < -0.39 is 22.4 Å². The van der Waals surface area contributed by atoms with Crippen LogP contribution in [0.3, 0.4) is 0 Å². The molecule has 0 aromatic heterocycles. The van der Waals surface area contributed by atoms with Crippen molar-refractivity contribution in [2.24, 2.45) is 0 Å². The van der Waals surface area contributed by atoms with E-state index >= 15 is 0 Å². The third-order valence-electron chi connectivity index (χ3n) is 4.44. The number of hydrogen-bond donors (Lipinski definition) is 4. The largest absolute Gasteiger partial charge is 0.493 e. The van der Waals surface area contributed by atoms with Gasteiger partial charge in [-0.25, -0.2) is 0 Å². The van der Waals surface area contributed by atoms with E-state index in [0.29, 0.717) is 40.2 Å². The third-order valence-corrected chi connectivity index (χ3v) is 4.44. The van der Waals surface area contributed by atoms with Crippen LogP contribution in [-0.2, 0) is 22.4 Å².